The fraction of sp³-hybridized carbons (Fsp3) is 0.190. The highest BCUT2D eigenvalue weighted by Gasteiger charge is 2.09. The van der Waals surface area contributed by atoms with E-state index in [2.05, 4.69) is 16.4 Å². The Labute approximate surface area is 152 Å². The molecule has 0 spiro atoms. The van der Waals surface area contributed by atoms with Gasteiger partial charge in [0.25, 0.3) is 0 Å². The van der Waals surface area contributed by atoms with E-state index in [4.69, 9.17) is 9.68 Å². The maximum absolute atomic E-state index is 12.0. The fourth-order valence-corrected chi connectivity index (χ4v) is 2.48. The van der Waals surface area contributed by atoms with Gasteiger partial charge >= 0.3 is 0 Å². The molecule has 0 aliphatic heterocycles. The number of nitrogens with one attached hydrogen (secondary N) is 1. The average Bonchev–Trinajstić information content (AvgIpc) is 3.14. The Morgan fingerprint density at radius 1 is 1.15 bits per heavy atom. The molecule has 26 heavy (non-hydrogen) atoms. The van der Waals surface area contributed by atoms with Crippen LogP contribution in [-0.2, 0) is 17.8 Å². The average molecular weight is 345 g/mol. The minimum atomic E-state index is -0.0653. The lowest BCUT2D eigenvalue weighted by molar-refractivity contribution is -0.121. The summed E-state index contributed by atoms with van der Waals surface area (Å²) in [4.78, 5) is 16.2. The van der Waals surface area contributed by atoms with E-state index in [0.29, 0.717) is 36.6 Å². The van der Waals surface area contributed by atoms with Crippen LogP contribution in [-0.4, -0.2) is 10.9 Å². The van der Waals surface area contributed by atoms with Gasteiger partial charge in [-0.05, 0) is 24.6 Å². The van der Waals surface area contributed by atoms with Crippen LogP contribution in [0.5, 0.6) is 0 Å². The molecule has 0 atom stereocenters. The van der Waals surface area contributed by atoms with Crippen molar-refractivity contribution < 1.29 is 9.21 Å². The number of carbonyl (C=O) groups is 1. The first kappa shape index (κ1) is 17.4. The van der Waals surface area contributed by atoms with E-state index in [1.54, 1.807) is 18.3 Å². The molecule has 1 N–H and O–H groups in total. The van der Waals surface area contributed by atoms with Crippen LogP contribution in [0.1, 0.15) is 29.0 Å². The molecular weight excluding hydrogens is 326 g/mol. The highest BCUT2D eigenvalue weighted by molar-refractivity contribution is 5.76. The lowest BCUT2D eigenvalue weighted by atomic mass is 10.1. The maximum Gasteiger partial charge on any atom is 0.220 e. The molecule has 0 saturated heterocycles. The Morgan fingerprint density at radius 2 is 1.88 bits per heavy atom. The van der Waals surface area contributed by atoms with Crippen molar-refractivity contribution in [1.29, 1.82) is 5.26 Å². The summed E-state index contributed by atoms with van der Waals surface area (Å²) >= 11 is 0. The molecule has 0 bridgehead atoms. The lowest BCUT2D eigenvalue weighted by Gasteiger charge is -2.04. The smallest absolute Gasteiger partial charge is 0.220 e. The van der Waals surface area contributed by atoms with Crippen LogP contribution >= 0.6 is 0 Å². The molecule has 2 aromatic carbocycles. The minimum absolute atomic E-state index is 0.0653. The zero-order valence-corrected chi connectivity index (χ0v) is 14.5. The number of hydrogen-bond acceptors (Lipinski definition) is 4. The number of aromatic nitrogens is 1. The molecule has 0 aliphatic rings. The summed E-state index contributed by atoms with van der Waals surface area (Å²) in [5, 5.41) is 11.6. The first-order valence-electron chi connectivity index (χ1n) is 8.41. The highest BCUT2D eigenvalue weighted by atomic mass is 16.4. The second-order valence-electron chi connectivity index (χ2n) is 6.07. The summed E-state index contributed by atoms with van der Waals surface area (Å²) < 4.78 is 5.73. The molecule has 0 aliphatic carbocycles. The summed E-state index contributed by atoms with van der Waals surface area (Å²) in [6.07, 6.45) is 2.45. The predicted molar refractivity (Wildman–Crippen MR) is 98.0 cm³/mol. The molecule has 0 unspecified atom stereocenters. The number of oxazole rings is 1. The normalized spacial score (nSPS) is 10.3. The van der Waals surface area contributed by atoms with Crippen LogP contribution < -0.4 is 5.32 Å². The monoisotopic (exact) mass is 345 g/mol. The van der Waals surface area contributed by atoms with Crippen molar-refractivity contribution >= 4 is 5.91 Å². The van der Waals surface area contributed by atoms with Gasteiger partial charge in [0.1, 0.15) is 0 Å². The van der Waals surface area contributed by atoms with Gasteiger partial charge in [-0.25, -0.2) is 4.98 Å². The molecule has 5 nitrogen and oxygen atoms in total. The maximum atomic E-state index is 12.0. The van der Waals surface area contributed by atoms with Crippen molar-refractivity contribution in [2.24, 2.45) is 0 Å². The molecular formula is C21H19N3O2. The van der Waals surface area contributed by atoms with Crippen molar-refractivity contribution in [1.82, 2.24) is 10.3 Å². The number of amides is 1. The number of nitriles is 1. The highest BCUT2D eigenvalue weighted by Crippen LogP contribution is 2.21. The minimum Gasteiger partial charge on any atom is -0.441 e. The third-order valence-electron chi connectivity index (χ3n) is 4.03. The van der Waals surface area contributed by atoms with Gasteiger partial charge in [-0.2, -0.15) is 5.26 Å². The van der Waals surface area contributed by atoms with Crippen LogP contribution in [0.3, 0.4) is 0 Å². The Balaban J connectivity index is 1.48. The first-order valence-corrected chi connectivity index (χ1v) is 8.41. The second-order valence-corrected chi connectivity index (χ2v) is 6.07. The quantitative estimate of drug-likeness (QED) is 0.737. The summed E-state index contributed by atoms with van der Waals surface area (Å²) in [5.41, 5.74) is 3.72. The number of aryl methyl sites for hydroxylation is 2. The molecule has 5 heteroatoms. The number of hydrogen-bond donors (Lipinski definition) is 1. The molecule has 1 amide bonds. The molecule has 0 saturated carbocycles. The van der Waals surface area contributed by atoms with Gasteiger partial charge in [-0.1, -0.05) is 42.0 Å². The Hall–Kier alpha value is -3.39. The molecule has 0 fully saturated rings. The van der Waals surface area contributed by atoms with Crippen molar-refractivity contribution in [3.05, 3.63) is 77.3 Å². The lowest BCUT2D eigenvalue weighted by Crippen LogP contribution is -2.23. The molecule has 1 aromatic heterocycles. The predicted octanol–water partition coefficient (Wildman–Crippen LogP) is 3.77. The summed E-state index contributed by atoms with van der Waals surface area (Å²) in [5.74, 6) is 1.19. The van der Waals surface area contributed by atoms with Crippen molar-refractivity contribution in [3.63, 3.8) is 0 Å². The summed E-state index contributed by atoms with van der Waals surface area (Å²) in [7, 11) is 0. The van der Waals surface area contributed by atoms with E-state index in [9.17, 15) is 4.79 Å². The first-order chi connectivity index (χ1) is 12.6. The topological polar surface area (TPSA) is 78.9 Å². The van der Waals surface area contributed by atoms with E-state index >= 15 is 0 Å². The van der Waals surface area contributed by atoms with Gasteiger partial charge in [-0.15, -0.1) is 0 Å². The van der Waals surface area contributed by atoms with Crippen LogP contribution in [0.15, 0.2) is 59.1 Å². The van der Waals surface area contributed by atoms with Crippen LogP contribution in [0, 0.1) is 18.3 Å². The van der Waals surface area contributed by atoms with Gasteiger partial charge < -0.3 is 9.73 Å². The fourth-order valence-electron chi connectivity index (χ4n) is 2.48. The Morgan fingerprint density at radius 3 is 2.58 bits per heavy atom. The SMILES string of the molecule is Cc1ccc(-c2cnc(CCC(=O)NCc3ccc(C#N)cc3)o2)cc1. The molecule has 1 heterocycles. The van der Waals surface area contributed by atoms with Gasteiger partial charge in [0.05, 0.1) is 17.8 Å². The molecule has 0 radical (unpaired) electrons. The van der Waals surface area contributed by atoms with E-state index in [1.807, 2.05) is 43.3 Å². The van der Waals surface area contributed by atoms with Gasteiger partial charge in [0, 0.05) is 24.9 Å². The van der Waals surface area contributed by atoms with Crippen LogP contribution in [0.4, 0.5) is 0 Å². The van der Waals surface area contributed by atoms with Crippen LogP contribution in [0.25, 0.3) is 11.3 Å². The Bertz CT molecular complexity index is 919. The zero-order chi connectivity index (χ0) is 18.4. The standard InChI is InChI=1S/C21H19N3O2/c1-15-2-8-18(9-3-15)19-14-24-21(26-19)11-10-20(25)23-13-17-6-4-16(12-22)5-7-17/h2-9,14H,10-11,13H2,1H3,(H,23,25). The van der Waals surface area contributed by atoms with Crippen molar-refractivity contribution in [2.75, 3.05) is 0 Å². The van der Waals surface area contributed by atoms with E-state index in [0.717, 1.165) is 11.1 Å². The summed E-state index contributed by atoms with van der Waals surface area (Å²) in [6, 6.07) is 17.2. The zero-order valence-electron chi connectivity index (χ0n) is 14.5. The molecule has 3 aromatic rings. The number of nitrogens with zero attached hydrogens (tertiary/aromatic N) is 2. The van der Waals surface area contributed by atoms with Crippen LogP contribution in [0.2, 0.25) is 0 Å². The number of benzene rings is 2. The van der Waals surface area contributed by atoms with Crippen molar-refractivity contribution in [3.8, 4) is 17.4 Å². The van der Waals surface area contributed by atoms with E-state index in [-0.39, 0.29) is 5.91 Å². The van der Waals surface area contributed by atoms with Gasteiger partial charge in [0.15, 0.2) is 11.7 Å². The largest absolute Gasteiger partial charge is 0.441 e. The molecule has 130 valence electrons. The number of rotatable bonds is 6. The molecule has 3 rings (SSSR count). The second kappa shape index (κ2) is 8.13. The Kier molecular flexibility index (Phi) is 5.45. The van der Waals surface area contributed by atoms with Crippen molar-refractivity contribution in [2.45, 2.75) is 26.3 Å². The number of carbonyl (C=O) groups excluding carboxylic acids is 1. The third kappa shape index (κ3) is 4.58. The van der Waals surface area contributed by atoms with E-state index in [1.165, 1.54) is 5.56 Å². The van der Waals surface area contributed by atoms with Gasteiger partial charge in [-0.3, -0.25) is 4.79 Å². The summed E-state index contributed by atoms with van der Waals surface area (Å²) in [6.45, 7) is 2.47. The van der Waals surface area contributed by atoms with Gasteiger partial charge in [0.2, 0.25) is 5.91 Å². The third-order valence-corrected chi connectivity index (χ3v) is 4.03. The van der Waals surface area contributed by atoms with E-state index < -0.39 is 0 Å².